The lowest BCUT2D eigenvalue weighted by atomic mass is 9.48. The van der Waals surface area contributed by atoms with Crippen LogP contribution in [0.25, 0.3) is 0 Å². The molecule has 1 atom stereocenters. The highest BCUT2D eigenvalue weighted by molar-refractivity contribution is 6.10. The number of carbonyl (C=O) groups is 3. The Morgan fingerprint density at radius 2 is 1.62 bits per heavy atom. The third-order valence-electron chi connectivity index (χ3n) is 7.97. The van der Waals surface area contributed by atoms with Gasteiger partial charge in [-0.15, -0.1) is 0 Å². The number of amides is 3. The van der Waals surface area contributed by atoms with Crippen LogP contribution in [-0.2, 0) is 15.1 Å². The van der Waals surface area contributed by atoms with Crippen molar-refractivity contribution in [3.63, 3.8) is 0 Å². The topological polar surface area (TPSA) is 66.5 Å². The first kappa shape index (κ1) is 18.8. The van der Waals surface area contributed by atoms with Crippen LogP contribution in [0.4, 0.5) is 9.18 Å². The number of hydrogen-bond donors (Lipinski definition) is 1. The fourth-order valence-corrected chi connectivity index (χ4v) is 6.91. The number of imide groups is 1. The van der Waals surface area contributed by atoms with Crippen LogP contribution >= 0.6 is 0 Å². The SMILES string of the molecule is CC[C@]1(c2ccc(F)cc2)NC(=O)N(CC(=O)C23CC4CC(CC(C4)C2)C3)C1=O. The summed E-state index contributed by atoms with van der Waals surface area (Å²) >= 11 is 0. The summed E-state index contributed by atoms with van der Waals surface area (Å²) in [5.74, 6) is 1.12. The molecule has 1 saturated heterocycles. The maximum atomic E-state index is 13.4. The molecule has 1 heterocycles. The quantitative estimate of drug-likeness (QED) is 0.768. The number of ketones is 1. The Balaban J connectivity index is 1.39. The van der Waals surface area contributed by atoms with Crippen molar-refractivity contribution < 1.29 is 18.8 Å². The van der Waals surface area contributed by atoms with Gasteiger partial charge in [-0.2, -0.15) is 0 Å². The van der Waals surface area contributed by atoms with Crippen molar-refractivity contribution in [3.8, 4) is 0 Å². The Kier molecular flexibility index (Phi) is 4.13. The lowest BCUT2D eigenvalue weighted by Gasteiger charge is -2.56. The van der Waals surface area contributed by atoms with Crippen LogP contribution in [-0.4, -0.2) is 29.2 Å². The Morgan fingerprint density at radius 3 is 2.14 bits per heavy atom. The van der Waals surface area contributed by atoms with E-state index >= 15 is 0 Å². The Hall–Kier alpha value is -2.24. The van der Waals surface area contributed by atoms with Crippen LogP contribution < -0.4 is 5.32 Å². The van der Waals surface area contributed by atoms with Gasteiger partial charge in [0.05, 0.1) is 6.54 Å². The molecule has 1 aliphatic heterocycles. The smallest absolute Gasteiger partial charge is 0.319 e. The van der Waals surface area contributed by atoms with E-state index in [1.165, 1.54) is 43.5 Å². The fourth-order valence-electron chi connectivity index (χ4n) is 6.91. The van der Waals surface area contributed by atoms with Crippen molar-refractivity contribution in [2.45, 2.75) is 57.4 Å². The molecule has 1 aromatic carbocycles. The number of nitrogens with one attached hydrogen (secondary N) is 1. The van der Waals surface area contributed by atoms with E-state index in [0.717, 1.165) is 24.2 Å². The van der Waals surface area contributed by atoms with Crippen LogP contribution in [0, 0.1) is 29.0 Å². The van der Waals surface area contributed by atoms with Crippen LogP contribution in [0.2, 0.25) is 0 Å². The second-order valence-corrected chi connectivity index (χ2v) is 9.71. The van der Waals surface area contributed by atoms with E-state index in [-0.39, 0.29) is 17.7 Å². The standard InChI is InChI=1S/C23H27FN2O3/c1-2-23(17-3-5-18(24)6-4-17)20(28)26(21(29)25-23)13-19(27)22-10-14-7-15(11-22)9-16(8-14)12-22/h3-6,14-16H,2,7-13H2,1H3,(H,25,29)/t14?,15?,16?,22?,23-/m1/s1. The van der Waals surface area contributed by atoms with Gasteiger partial charge in [0.25, 0.3) is 5.91 Å². The van der Waals surface area contributed by atoms with Crippen molar-refractivity contribution in [1.82, 2.24) is 10.2 Å². The van der Waals surface area contributed by atoms with Crippen molar-refractivity contribution in [1.29, 1.82) is 0 Å². The molecule has 5 nitrogen and oxygen atoms in total. The van der Waals surface area contributed by atoms with E-state index in [0.29, 0.717) is 29.7 Å². The van der Waals surface area contributed by atoms with E-state index in [4.69, 9.17) is 0 Å². The molecule has 29 heavy (non-hydrogen) atoms. The predicted molar refractivity (Wildman–Crippen MR) is 104 cm³/mol. The summed E-state index contributed by atoms with van der Waals surface area (Å²) in [6, 6.07) is 5.10. The predicted octanol–water partition coefficient (Wildman–Crippen LogP) is 3.77. The van der Waals surface area contributed by atoms with Gasteiger partial charge in [-0.25, -0.2) is 9.18 Å². The number of carbonyl (C=O) groups excluding carboxylic acids is 3. The zero-order valence-electron chi connectivity index (χ0n) is 16.7. The molecule has 4 aliphatic carbocycles. The van der Waals surface area contributed by atoms with Gasteiger partial charge in [0.1, 0.15) is 11.4 Å². The summed E-state index contributed by atoms with van der Waals surface area (Å²) in [6.45, 7) is 1.66. The average Bonchev–Trinajstić information content (AvgIpc) is 2.92. The van der Waals surface area contributed by atoms with E-state index in [2.05, 4.69) is 5.32 Å². The summed E-state index contributed by atoms with van der Waals surface area (Å²) in [4.78, 5) is 40.5. The number of benzene rings is 1. The largest absolute Gasteiger partial charge is 0.325 e. The van der Waals surface area contributed by atoms with Crippen LogP contribution in [0.3, 0.4) is 0 Å². The molecule has 5 fully saturated rings. The maximum absolute atomic E-state index is 13.4. The molecule has 1 aromatic rings. The first-order valence-electron chi connectivity index (χ1n) is 10.8. The number of rotatable bonds is 5. The zero-order chi connectivity index (χ0) is 20.4. The summed E-state index contributed by atoms with van der Waals surface area (Å²) in [5.41, 5.74) is -1.03. The fraction of sp³-hybridized carbons (Fsp3) is 0.609. The first-order valence-corrected chi connectivity index (χ1v) is 10.8. The van der Waals surface area contributed by atoms with Gasteiger partial charge in [-0.05, 0) is 80.4 Å². The van der Waals surface area contributed by atoms with Crippen LogP contribution in [0.1, 0.15) is 57.4 Å². The van der Waals surface area contributed by atoms with E-state index < -0.39 is 23.3 Å². The Bertz CT molecular complexity index is 845. The molecule has 0 spiro atoms. The molecular weight excluding hydrogens is 371 g/mol. The van der Waals surface area contributed by atoms with E-state index in [1.807, 2.05) is 6.92 Å². The highest BCUT2D eigenvalue weighted by Gasteiger charge is 2.57. The molecule has 4 saturated carbocycles. The van der Waals surface area contributed by atoms with Gasteiger partial charge in [0.2, 0.25) is 0 Å². The molecule has 5 aliphatic rings. The lowest BCUT2D eigenvalue weighted by molar-refractivity contribution is -0.147. The zero-order valence-corrected chi connectivity index (χ0v) is 16.7. The summed E-state index contributed by atoms with van der Waals surface area (Å²) in [6.07, 6.45) is 6.79. The highest BCUT2D eigenvalue weighted by atomic mass is 19.1. The highest BCUT2D eigenvalue weighted by Crippen LogP contribution is 2.60. The summed E-state index contributed by atoms with van der Waals surface area (Å²) in [7, 11) is 0. The van der Waals surface area contributed by atoms with Gasteiger partial charge >= 0.3 is 6.03 Å². The second-order valence-electron chi connectivity index (χ2n) is 9.71. The van der Waals surface area contributed by atoms with Gasteiger partial charge in [0.15, 0.2) is 5.78 Å². The third-order valence-corrected chi connectivity index (χ3v) is 7.97. The normalized spacial score (nSPS) is 37.9. The third kappa shape index (κ3) is 2.75. The van der Waals surface area contributed by atoms with Crippen LogP contribution in [0.15, 0.2) is 24.3 Å². The Labute approximate surface area is 170 Å². The number of Topliss-reactive ketones (excluding diaryl/α,β-unsaturated/α-hetero) is 1. The molecule has 3 amide bonds. The van der Waals surface area contributed by atoms with Crippen molar-refractivity contribution >= 4 is 17.7 Å². The Morgan fingerprint density at radius 1 is 1.07 bits per heavy atom. The second kappa shape index (κ2) is 6.38. The van der Waals surface area contributed by atoms with Gasteiger partial charge < -0.3 is 5.32 Å². The molecule has 0 aromatic heterocycles. The number of urea groups is 1. The van der Waals surface area contributed by atoms with Crippen molar-refractivity contribution in [2.24, 2.45) is 23.2 Å². The summed E-state index contributed by atoms with van der Waals surface area (Å²) < 4.78 is 13.4. The average molecular weight is 398 g/mol. The first-order chi connectivity index (χ1) is 13.8. The monoisotopic (exact) mass is 398 g/mol. The number of hydrogen-bond acceptors (Lipinski definition) is 3. The summed E-state index contributed by atoms with van der Waals surface area (Å²) in [5, 5.41) is 2.79. The van der Waals surface area contributed by atoms with E-state index in [1.54, 1.807) is 0 Å². The molecule has 6 rings (SSSR count). The number of halogens is 1. The maximum Gasteiger partial charge on any atom is 0.325 e. The minimum atomic E-state index is -1.23. The molecule has 4 bridgehead atoms. The van der Waals surface area contributed by atoms with Crippen LogP contribution in [0.5, 0.6) is 0 Å². The van der Waals surface area contributed by atoms with Gasteiger partial charge in [-0.1, -0.05) is 19.1 Å². The van der Waals surface area contributed by atoms with Gasteiger partial charge in [0, 0.05) is 5.41 Å². The molecule has 1 N–H and O–H groups in total. The van der Waals surface area contributed by atoms with Gasteiger partial charge in [-0.3, -0.25) is 14.5 Å². The minimum absolute atomic E-state index is 0.0473. The lowest BCUT2D eigenvalue weighted by Crippen LogP contribution is -2.53. The molecule has 6 heteroatoms. The minimum Gasteiger partial charge on any atom is -0.319 e. The van der Waals surface area contributed by atoms with Crippen molar-refractivity contribution in [2.75, 3.05) is 6.54 Å². The molecule has 0 unspecified atom stereocenters. The van der Waals surface area contributed by atoms with Crippen molar-refractivity contribution in [3.05, 3.63) is 35.6 Å². The molecule has 154 valence electrons. The molecular formula is C23H27FN2O3. The molecule has 0 radical (unpaired) electrons. The van der Waals surface area contributed by atoms with E-state index in [9.17, 15) is 18.8 Å². The number of nitrogens with zero attached hydrogens (tertiary/aromatic N) is 1.